The molecule has 7 nitrogen and oxygen atoms in total. The largest absolute Gasteiger partial charge is 0.317 e. The zero-order chi connectivity index (χ0) is 30.6. The predicted octanol–water partition coefficient (Wildman–Crippen LogP) is 6.87. The van der Waals surface area contributed by atoms with Gasteiger partial charge in [0.1, 0.15) is 0 Å². The topological polar surface area (TPSA) is 83.8 Å². The number of benzene rings is 4. The Hall–Kier alpha value is -4.95. The van der Waals surface area contributed by atoms with Crippen molar-refractivity contribution in [3.8, 4) is 5.69 Å². The fourth-order valence-corrected chi connectivity index (χ4v) is 6.79. The summed E-state index contributed by atoms with van der Waals surface area (Å²) in [6.45, 7) is 8.29. The zero-order valence-electron chi connectivity index (χ0n) is 24.7. The molecule has 0 aliphatic rings. The van der Waals surface area contributed by atoms with Gasteiger partial charge in [-0.15, -0.1) is 0 Å². The van der Waals surface area contributed by atoms with E-state index in [0.717, 1.165) is 28.2 Å². The molecule has 0 aliphatic heterocycles. The second-order valence-corrected chi connectivity index (χ2v) is 12.3. The number of para-hydroxylation sites is 2. The number of sulfonamides is 1. The van der Waals surface area contributed by atoms with Crippen molar-refractivity contribution in [1.82, 2.24) is 9.99 Å². The average molecular weight is 591 g/mol. The third-order valence-corrected chi connectivity index (χ3v) is 9.19. The molecule has 0 atom stereocenters. The SMILES string of the molecule is Cc1cccc(C)c1-n1c(C)cc(/C=N/NC(=O)c2ccccc2N(Cc2ccccc2)S(=O)(=O)c2ccccc2)c1C. The number of rotatable bonds is 9. The lowest BCUT2D eigenvalue weighted by atomic mass is 10.1. The molecule has 43 heavy (non-hydrogen) atoms. The molecule has 4 aromatic carbocycles. The first-order valence-electron chi connectivity index (χ1n) is 14.0. The van der Waals surface area contributed by atoms with Crippen LogP contribution in [0.15, 0.2) is 119 Å². The van der Waals surface area contributed by atoms with Gasteiger partial charge in [-0.1, -0.05) is 78.9 Å². The van der Waals surface area contributed by atoms with Crippen LogP contribution < -0.4 is 9.73 Å². The Morgan fingerprint density at radius 3 is 2.09 bits per heavy atom. The number of hydrazone groups is 1. The molecular formula is C35H34N4O3S. The number of carbonyl (C=O) groups excluding carboxylic acids is 1. The summed E-state index contributed by atoms with van der Waals surface area (Å²) in [5.74, 6) is -0.517. The Balaban J connectivity index is 1.46. The zero-order valence-corrected chi connectivity index (χ0v) is 25.5. The van der Waals surface area contributed by atoms with Crippen molar-refractivity contribution in [3.05, 3.63) is 148 Å². The van der Waals surface area contributed by atoms with Gasteiger partial charge < -0.3 is 4.57 Å². The van der Waals surface area contributed by atoms with Crippen LogP contribution >= 0.6 is 0 Å². The van der Waals surface area contributed by atoms with Crippen molar-refractivity contribution >= 4 is 27.8 Å². The summed E-state index contributed by atoms with van der Waals surface area (Å²) in [4.78, 5) is 13.6. The van der Waals surface area contributed by atoms with Crippen LogP contribution in [0.5, 0.6) is 0 Å². The number of hydrogen-bond donors (Lipinski definition) is 1. The van der Waals surface area contributed by atoms with Crippen LogP contribution in [0.4, 0.5) is 5.69 Å². The van der Waals surface area contributed by atoms with Crippen LogP contribution in [-0.4, -0.2) is 25.1 Å². The molecule has 1 heterocycles. The summed E-state index contributed by atoms with van der Waals surface area (Å²) in [6, 6.07) is 32.4. The van der Waals surface area contributed by atoms with E-state index < -0.39 is 15.9 Å². The second kappa shape index (κ2) is 12.5. The van der Waals surface area contributed by atoms with E-state index in [4.69, 9.17) is 0 Å². The van der Waals surface area contributed by atoms with E-state index in [2.05, 4.69) is 41.1 Å². The molecule has 8 heteroatoms. The van der Waals surface area contributed by atoms with Gasteiger partial charge in [-0.05, 0) is 74.7 Å². The minimum atomic E-state index is -4.00. The first-order valence-corrected chi connectivity index (χ1v) is 15.4. The van der Waals surface area contributed by atoms with E-state index in [0.29, 0.717) is 0 Å². The van der Waals surface area contributed by atoms with Gasteiger partial charge in [-0.25, -0.2) is 13.8 Å². The first-order chi connectivity index (χ1) is 20.7. The van der Waals surface area contributed by atoms with Crippen LogP contribution in [0.2, 0.25) is 0 Å². The minimum absolute atomic E-state index is 0.0515. The molecule has 1 aromatic heterocycles. The van der Waals surface area contributed by atoms with Crippen molar-refractivity contribution in [2.75, 3.05) is 4.31 Å². The molecule has 5 aromatic rings. The molecule has 0 radical (unpaired) electrons. The van der Waals surface area contributed by atoms with Gasteiger partial charge in [-0.3, -0.25) is 9.10 Å². The van der Waals surface area contributed by atoms with Crippen LogP contribution in [0, 0.1) is 27.7 Å². The molecule has 5 rings (SSSR count). The smallest absolute Gasteiger partial charge is 0.273 e. The number of hydrogen-bond acceptors (Lipinski definition) is 4. The monoisotopic (exact) mass is 590 g/mol. The maximum Gasteiger partial charge on any atom is 0.273 e. The highest BCUT2D eigenvalue weighted by Gasteiger charge is 2.28. The number of nitrogens with one attached hydrogen (secondary N) is 1. The highest BCUT2D eigenvalue weighted by Crippen LogP contribution is 2.30. The number of amides is 1. The standard InChI is InChI=1S/C35H34N4O3S/c1-25-14-13-15-26(2)34(25)39-27(3)22-30(28(39)4)23-36-37-35(40)32-20-11-12-21-33(32)38(24-29-16-7-5-8-17-29)43(41,42)31-18-9-6-10-19-31/h5-23H,24H2,1-4H3,(H,37,40)/b36-23+. The van der Waals surface area contributed by atoms with Crippen molar-refractivity contribution in [3.63, 3.8) is 0 Å². The van der Waals surface area contributed by atoms with Crippen molar-refractivity contribution in [2.24, 2.45) is 5.10 Å². The predicted molar refractivity (Wildman–Crippen MR) is 172 cm³/mol. The molecule has 0 saturated heterocycles. The van der Waals surface area contributed by atoms with Crippen molar-refractivity contribution < 1.29 is 13.2 Å². The number of aryl methyl sites for hydroxylation is 3. The lowest BCUT2D eigenvalue weighted by molar-refractivity contribution is 0.0955. The molecular weight excluding hydrogens is 556 g/mol. The number of nitrogens with zero attached hydrogens (tertiary/aromatic N) is 3. The van der Waals surface area contributed by atoms with E-state index >= 15 is 0 Å². The van der Waals surface area contributed by atoms with Crippen molar-refractivity contribution in [1.29, 1.82) is 0 Å². The molecule has 1 N–H and O–H groups in total. The molecule has 0 aliphatic carbocycles. The van der Waals surface area contributed by atoms with Crippen molar-refractivity contribution in [2.45, 2.75) is 39.1 Å². The summed E-state index contributed by atoms with van der Waals surface area (Å²) in [6.07, 6.45) is 1.62. The molecule has 0 spiro atoms. The molecule has 0 bridgehead atoms. The van der Waals surface area contributed by atoms with E-state index in [-0.39, 0.29) is 22.7 Å². The van der Waals surface area contributed by atoms with E-state index in [1.807, 2.05) is 56.3 Å². The summed E-state index contributed by atoms with van der Waals surface area (Å²) < 4.78 is 31.3. The first kappa shape index (κ1) is 29.5. The van der Waals surface area contributed by atoms with Gasteiger partial charge in [0.05, 0.1) is 34.6 Å². The molecule has 218 valence electrons. The Kier molecular flexibility index (Phi) is 8.59. The number of carbonyl (C=O) groups is 1. The maximum atomic E-state index is 13.9. The molecule has 0 fully saturated rings. The summed E-state index contributed by atoms with van der Waals surface area (Å²) in [5.41, 5.74) is 10.2. The number of anilines is 1. The third-order valence-electron chi connectivity index (χ3n) is 7.42. The van der Waals surface area contributed by atoms with E-state index in [1.165, 1.54) is 15.4 Å². The summed E-state index contributed by atoms with van der Waals surface area (Å²) in [7, 11) is -4.00. The lowest BCUT2D eigenvalue weighted by Crippen LogP contribution is -2.33. The van der Waals surface area contributed by atoms with Crippen LogP contribution in [0.25, 0.3) is 5.69 Å². The maximum absolute atomic E-state index is 13.9. The highest BCUT2D eigenvalue weighted by molar-refractivity contribution is 7.92. The molecule has 0 unspecified atom stereocenters. The fourth-order valence-electron chi connectivity index (χ4n) is 5.29. The molecule has 0 saturated carbocycles. The second-order valence-electron chi connectivity index (χ2n) is 10.4. The van der Waals surface area contributed by atoms with Crippen LogP contribution in [0.1, 0.15) is 44.0 Å². The summed E-state index contributed by atoms with van der Waals surface area (Å²) in [5, 5.41) is 4.27. The van der Waals surface area contributed by atoms with Gasteiger partial charge in [0.15, 0.2) is 0 Å². The van der Waals surface area contributed by atoms with Crippen LogP contribution in [0.3, 0.4) is 0 Å². The lowest BCUT2D eigenvalue weighted by Gasteiger charge is -2.26. The van der Waals surface area contributed by atoms with Gasteiger partial charge in [0, 0.05) is 17.0 Å². The third kappa shape index (κ3) is 6.15. The van der Waals surface area contributed by atoms with Gasteiger partial charge in [0.2, 0.25) is 0 Å². The van der Waals surface area contributed by atoms with E-state index in [1.54, 1.807) is 60.8 Å². The quantitative estimate of drug-likeness (QED) is 0.150. The Morgan fingerprint density at radius 1 is 0.814 bits per heavy atom. The van der Waals surface area contributed by atoms with E-state index in [9.17, 15) is 13.2 Å². The number of aromatic nitrogens is 1. The average Bonchev–Trinajstić information content (AvgIpc) is 3.28. The highest BCUT2D eigenvalue weighted by atomic mass is 32.2. The fraction of sp³-hybridized carbons (Fsp3) is 0.143. The summed E-state index contributed by atoms with van der Waals surface area (Å²) >= 11 is 0. The Bertz CT molecular complexity index is 1880. The normalized spacial score (nSPS) is 11.5. The van der Waals surface area contributed by atoms with Crippen LogP contribution in [-0.2, 0) is 16.6 Å². The Morgan fingerprint density at radius 2 is 1.42 bits per heavy atom. The Labute approximate surface area is 253 Å². The van der Waals surface area contributed by atoms with Gasteiger partial charge in [0.25, 0.3) is 15.9 Å². The minimum Gasteiger partial charge on any atom is -0.317 e. The van der Waals surface area contributed by atoms with Gasteiger partial charge >= 0.3 is 0 Å². The van der Waals surface area contributed by atoms with Gasteiger partial charge in [-0.2, -0.15) is 5.10 Å². The molecule has 1 amide bonds.